The minimum Gasteiger partial charge on any atom is -0.497 e. The van der Waals surface area contributed by atoms with Gasteiger partial charge >= 0.3 is 15.5 Å². The summed E-state index contributed by atoms with van der Waals surface area (Å²) >= 11 is 0. The highest BCUT2D eigenvalue weighted by Gasteiger charge is 2.46. The van der Waals surface area contributed by atoms with Crippen molar-refractivity contribution in [2.75, 3.05) is 11.8 Å². The van der Waals surface area contributed by atoms with Crippen LogP contribution >= 0.6 is 0 Å². The molecule has 0 saturated carbocycles. The lowest BCUT2D eigenvalue weighted by atomic mass is 10.0. The van der Waals surface area contributed by atoms with Crippen LogP contribution in [0, 0.1) is 0 Å². The van der Waals surface area contributed by atoms with E-state index in [0.29, 0.717) is 11.3 Å². The van der Waals surface area contributed by atoms with Gasteiger partial charge in [-0.25, -0.2) is 0 Å². The predicted octanol–water partition coefficient (Wildman–Crippen LogP) is 3.08. The molecule has 19 heavy (non-hydrogen) atoms. The highest BCUT2D eigenvalue weighted by Crippen LogP contribution is 2.32. The molecule has 0 fully saturated rings. The van der Waals surface area contributed by atoms with Gasteiger partial charge < -0.3 is 4.74 Å². The SMILES string of the molecule is COc1ccc(NS(=O)(=O)C(F)(F)F)c(C(C)C)c1. The molecule has 0 aliphatic rings. The molecule has 0 heterocycles. The molecule has 1 N–H and O–H groups in total. The molecule has 1 aromatic carbocycles. The van der Waals surface area contributed by atoms with Crippen molar-refractivity contribution in [3.8, 4) is 5.75 Å². The van der Waals surface area contributed by atoms with E-state index in [9.17, 15) is 21.6 Å². The minimum absolute atomic E-state index is 0.104. The lowest BCUT2D eigenvalue weighted by molar-refractivity contribution is -0.0429. The number of hydrogen-bond acceptors (Lipinski definition) is 3. The van der Waals surface area contributed by atoms with Crippen molar-refractivity contribution in [2.24, 2.45) is 0 Å². The highest BCUT2D eigenvalue weighted by molar-refractivity contribution is 7.93. The Hall–Kier alpha value is -1.44. The van der Waals surface area contributed by atoms with Crippen molar-refractivity contribution in [3.05, 3.63) is 23.8 Å². The van der Waals surface area contributed by atoms with Gasteiger partial charge in [0, 0.05) is 0 Å². The summed E-state index contributed by atoms with van der Waals surface area (Å²) in [5.41, 5.74) is -5.03. The molecule has 4 nitrogen and oxygen atoms in total. The Balaban J connectivity index is 3.22. The van der Waals surface area contributed by atoms with E-state index in [4.69, 9.17) is 4.74 Å². The van der Waals surface area contributed by atoms with Gasteiger partial charge in [0.05, 0.1) is 12.8 Å². The number of ether oxygens (including phenoxy) is 1. The number of hydrogen-bond donors (Lipinski definition) is 1. The summed E-state index contributed by atoms with van der Waals surface area (Å²) in [6, 6.07) is 4.14. The van der Waals surface area contributed by atoms with Crippen molar-refractivity contribution < 1.29 is 26.3 Å². The first kappa shape index (κ1) is 15.6. The molecule has 108 valence electrons. The highest BCUT2D eigenvalue weighted by atomic mass is 32.2. The van der Waals surface area contributed by atoms with Gasteiger partial charge in [0.25, 0.3) is 0 Å². The Kier molecular flexibility index (Phi) is 4.34. The van der Waals surface area contributed by atoms with Crippen LogP contribution in [0.5, 0.6) is 5.75 Å². The van der Waals surface area contributed by atoms with E-state index in [1.807, 2.05) is 0 Å². The van der Waals surface area contributed by atoms with Crippen LogP contribution in [0.3, 0.4) is 0 Å². The summed E-state index contributed by atoms with van der Waals surface area (Å²) < 4.78 is 65.6. The number of nitrogens with one attached hydrogen (secondary N) is 1. The van der Waals surface area contributed by atoms with Crippen molar-refractivity contribution in [1.82, 2.24) is 0 Å². The van der Waals surface area contributed by atoms with Crippen molar-refractivity contribution >= 4 is 15.7 Å². The molecule has 0 aliphatic heterocycles. The van der Waals surface area contributed by atoms with E-state index in [0.717, 1.165) is 0 Å². The molecule has 0 spiro atoms. The largest absolute Gasteiger partial charge is 0.516 e. The molecular weight excluding hydrogens is 283 g/mol. The first-order valence-electron chi connectivity index (χ1n) is 5.35. The fourth-order valence-corrected chi connectivity index (χ4v) is 2.03. The summed E-state index contributed by atoms with van der Waals surface area (Å²) in [7, 11) is -4.00. The second kappa shape index (κ2) is 5.28. The molecule has 0 aliphatic carbocycles. The van der Waals surface area contributed by atoms with E-state index < -0.39 is 15.5 Å². The third kappa shape index (κ3) is 3.52. The van der Waals surface area contributed by atoms with Crippen LogP contribution in [-0.2, 0) is 10.0 Å². The van der Waals surface area contributed by atoms with Gasteiger partial charge in [-0.3, -0.25) is 4.72 Å². The summed E-state index contributed by atoms with van der Waals surface area (Å²) in [6.07, 6.45) is 0. The van der Waals surface area contributed by atoms with Crippen LogP contribution in [0.4, 0.5) is 18.9 Å². The Morgan fingerprint density at radius 3 is 2.26 bits per heavy atom. The molecule has 0 unspecified atom stereocenters. The van der Waals surface area contributed by atoms with E-state index in [-0.39, 0.29) is 11.6 Å². The third-order valence-electron chi connectivity index (χ3n) is 2.43. The molecule has 1 rings (SSSR count). The molecule has 0 saturated heterocycles. The number of halogens is 3. The Labute approximate surface area is 109 Å². The quantitative estimate of drug-likeness (QED) is 0.929. The van der Waals surface area contributed by atoms with Gasteiger partial charge in [-0.1, -0.05) is 13.8 Å². The maximum atomic E-state index is 12.3. The number of methoxy groups -OCH3 is 1. The minimum atomic E-state index is -5.42. The summed E-state index contributed by atoms with van der Waals surface area (Å²) in [5.74, 6) is 0.277. The van der Waals surface area contributed by atoms with Crippen LogP contribution < -0.4 is 9.46 Å². The zero-order valence-electron chi connectivity index (χ0n) is 10.6. The van der Waals surface area contributed by atoms with Crippen molar-refractivity contribution in [3.63, 3.8) is 0 Å². The second-order valence-corrected chi connectivity index (χ2v) is 5.83. The predicted molar refractivity (Wildman–Crippen MR) is 65.7 cm³/mol. The second-order valence-electron chi connectivity index (χ2n) is 4.16. The third-order valence-corrected chi connectivity index (χ3v) is 3.53. The normalized spacial score (nSPS) is 12.6. The number of benzene rings is 1. The maximum absolute atomic E-state index is 12.3. The zero-order chi connectivity index (χ0) is 14.8. The summed E-state index contributed by atoms with van der Waals surface area (Å²) in [6.45, 7) is 3.47. The lowest BCUT2D eigenvalue weighted by Gasteiger charge is -2.17. The lowest BCUT2D eigenvalue weighted by Crippen LogP contribution is -2.30. The fourth-order valence-electron chi connectivity index (χ4n) is 1.44. The summed E-state index contributed by atoms with van der Waals surface area (Å²) in [4.78, 5) is 0. The Morgan fingerprint density at radius 1 is 1.26 bits per heavy atom. The van der Waals surface area contributed by atoms with Gasteiger partial charge in [0.15, 0.2) is 0 Å². The fraction of sp³-hybridized carbons (Fsp3) is 0.455. The smallest absolute Gasteiger partial charge is 0.497 e. The Morgan fingerprint density at radius 2 is 1.84 bits per heavy atom. The van der Waals surface area contributed by atoms with Crippen LogP contribution in [0.25, 0.3) is 0 Å². The Bertz CT molecular complexity index is 553. The molecular formula is C11H14F3NO3S. The number of anilines is 1. The summed E-state index contributed by atoms with van der Waals surface area (Å²) in [5, 5.41) is 0. The van der Waals surface area contributed by atoms with Gasteiger partial charge in [-0.05, 0) is 29.7 Å². The van der Waals surface area contributed by atoms with Gasteiger partial charge in [-0.2, -0.15) is 21.6 Å². The van der Waals surface area contributed by atoms with Crippen LogP contribution in [-0.4, -0.2) is 21.0 Å². The van der Waals surface area contributed by atoms with E-state index >= 15 is 0 Å². The average molecular weight is 297 g/mol. The average Bonchev–Trinajstić information content (AvgIpc) is 2.27. The van der Waals surface area contributed by atoms with Crippen molar-refractivity contribution in [1.29, 1.82) is 0 Å². The number of rotatable bonds is 4. The zero-order valence-corrected chi connectivity index (χ0v) is 11.4. The molecule has 0 bridgehead atoms. The monoisotopic (exact) mass is 297 g/mol. The molecule has 1 aromatic rings. The number of sulfonamides is 1. The van der Waals surface area contributed by atoms with Crippen LogP contribution in [0.1, 0.15) is 25.3 Å². The van der Waals surface area contributed by atoms with E-state index in [1.54, 1.807) is 18.6 Å². The standard InChI is InChI=1S/C11H14F3NO3S/c1-7(2)9-6-8(18-3)4-5-10(9)15-19(16,17)11(12,13)14/h4-7,15H,1-3H3. The molecule has 0 radical (unpaired) electrons. The van der Waals surface area contributed by atoms with E-state index in [2.05, 4.69) is 0 Å². The first-order chi connectivity index (χ1) is 8.58. The molecule has 0 aromatic heterocycles. The van der Waals surface area contributed by atoms with Crippen LogP contribution in [0.2, 0.25) is 0 Å². The van der Waals surface area contributed by atoms with Gasteiger partial charge in [0.1, 0.15) is 5.75 Å². The maximum Gasteiger partial charge on any atom is 0.516 e. The molecule has 8 heteroatoms. The molecule has 0 atom stereocenters. The van der Waals surface area contributed by atoms with Crippen molar-refractivity contribution in [2.45, 2.75) is 25.3 Å². The number of alkyl halides is 3. The molecule has 0 amide bonds. The van der Waals surface area contributed by atoms with Gasteiger partial charge in [0.2, 0.25) is 0 Å². The topological polar surface area (TPSA) is 55.4 Å². The van der Waals surface area contributed by atoms with E-state index in [1.165, 1.54) is 25.3 Å². The van der Waals surface area contributed by atoms with Gasteiger partial charge in [-0.15, -0.1) is 0 Å². The first-order valence-corrected chi connectivity index (χ1v) is 6.84. The van der Waals surface area contributed by atoms with Crippen LogP contribution in [0.15, 0.2) is 18.2 Å².